The molecule has 0 aliphatic heterocycles. The molecule has 1 aliphatic carbocycles. The number of halogens is 1. The molecule has 2 aromatic rings. The summed E-state index contributed by atoms with van der Waals surface area (Å²) in [7, 11) is 0.163. The number of hydrogen-bond acceptors (Lipinski definition) is 3. The van der Waals surface area contributed by atoms with E-state index in [-0.39, 0.29) is 18.4 Å². The SMILES string of the molecule is CN(C)[C@H](CNS(=O)(=O)c1ccc2c(c1)CCCC2)c1ccc(F)cc1. The van der Waals surface area contributed by atoms with Crippen molar-refractivity contribution in [3.05, 3.63) is 65.0 Å². The summed E-state index contributed by atoms with van der Waals surface area (Å²) >= 11 is 0. The zero-order chi connectivity index (χ0) is 18.7. The fraction of sp³-hybridized carbons (Fsp3) is 0.400. The first-order valence-corrected chi connectivity index (χ1v) is 10.4. The van der Waals surface area contributed by atoms with Gasteiger partial charge in [0, 0.05) is 12.6 Å². The van der Waals surface area contributed by atoms with Gasteiger partial charge >= 0.3 is 0 Å². The molecule has 1 aliphatic rings. The number of aryl methyl sites for hydroxylation is 2. The highest BCUT2D eigenvalue weighted by Gasteiger charge is 2.21. The summed E-state index contributed by atoms with van der Waals surface area (Å²) in [6, 6.07) is 11.4. The van der Waals surface area contributed by atoms with Crippen LogP contribution in [-0.2, 0) is 22.9 Å². The van der Waals surface area contributed by atoms with Crippen LogP contribution in [0, 0.1) is 5.82 Å². The molecule has 0 bridgehead atoms. The van der Waals surface area contributed by atoms with Crippen molar-refractivity contribution < 1.29 is 12.8 Å². The van der Waals surface area contributed by atoms with Crippen molar-refractivity contribution in [1.82, 2.24) is 9.62 Å². The van der Waals surface area contributed by atoms with Gasteiger partial charge < -0.3 is 4.90 Å². The Morgan fingerprint density at radius 2 is 1.69 bits per heavy atom. The normalized spacial score (nSPS) is 15.7. The average molecular weight is 376 g/mol. The van der Waals surface area contributed by atoms with Gasteiger partial charge in [-0.3, -0.25) is 0 Å². The summed E-state index contributed by atoms with van der Waals surface area (Å²) in [5, 5.41) is 0. The van der Waals surface area contributed by atoms with E-state index >= 15 is 0 Å². The molecule has 1 atom stereocenters. The molecular formula is C20H25FN2O2S. The summed E-state index contributed by atoms with van der Waals surface area (Å²) < 4.78 is 41.4. The van der Waals surface area contributed by atoms with Gasteiger partial charge in [-0.2, -0.15) is 0 Å². The number of sulfonamides is 1. The Kier molecular flexibility index (Phi) is 5.75. The van der Waals surface area contributed by atoms with Crippen LogP contribution < -0.4 is 4.72 Å². The maximum Gasteiger partial charge on any atom is 0.240 e. The third-order valence-corrected chi connectivity index (χ3v) is 6.40. The number of fused-ring (bicyclic) bond motifs is 1. The molecular weight excluding hydrogens is 351 g/mol. The van der Waals surface area contributed by atoms with Crippen molar-refractivity contribution in [2.75, 3.05) is 20.6 Å². The molecule has 0 heterocycles. The first-order valence-electron chi connectivity index (χ1n) is 8.90. The van der Waals surface area contributed by atoms with Crippen molar-refractivity contribution in [2.45, 2.75) is 36.6 Å². The molecule has 0 aromatic heterocycles. The molecule has 0 radical (unpaired) electrons. The first-order chi connectivity index (χ1) is 12.4. The molecule has 26 heavy (non-hydrogen) atoms. The molecule has 0 spiro atoms. The fourth-order valence-corrected chi connectivity index (χ4v) is 4.52. The number of rotatable bonds is 6. The Morgan fingerprint density at radius 3 is 2.35 bits per heavy atom. The Hall–Kier alpha value is -1.76. The third-order valence-electron chi connectivity index (χ3n) is 4.98. The van der Waals surface area contributed by atoms with E-state index in [0.29, 0.717) is 4.90 Å². The Balaban J connectivity index is 1.77. The zero-order valence-electron chi connectivity index (χ0n) is 15.2. The average Bonchev–Trinajstić information content (AvgIpc) is 2.62. The van der Waals surface area contributed by atoms with Crippen LogP contribution >= 0.6 is 0 Å². The van der Waals surface area contributed by atoms with Crippen LogP contribution in [-0.4, -0.2) is 34.0 Å². The van der Waals surface area contributed by atoms with E-state index in [2.05, 4.69) is 4.72 Å². The van der Waals surface area contributed by atoms with Crippen LogP contribution in [0.3, 0.4) is 0 Å². The maximum absolute atomic E-state index is 13.2. The Morgan fingerprint density at radius 1 is 1.04 bits per heavy atom. The molecule has 1 N–H and O–H groups in total. The van der Waals surface area contributed by atoms with Gasteiger partial charge in [0.15, 0.2) is 0 Å². The summed E-state index contributed by atoms with van der Waals surface area (Å²) in [5.74, 6) is -0.305. The Labute approximate surface area is 155 Å². The second-order valence-corrected chi connectivity index (χ2v) is 8.79. The lowest BCUT2D eigenvalue weighted by Gasteiger charge is -2.25. The third kappa shape index (κ3) is 4.31. The number of nitrogens with zero attached hydrogens (tertiary/aromatic N) is 1. The quantitative estimate of drug-likeness (QED) is 0.842. The minimum absolute atomic E-state index is 0.178. The summed E-state index contributed by atoms with van der Waals surface area (Å²) in [6.07, 6.45) is 4.24. The van der Waals surface area contributed by atoms with Gasteiger partial charge in [-0.05, 0) is 80.7 Å². The van der Waals surface area contributed by atoms with Crippen molar-refractivity contribution in [3.8, 4) is 0 Å². The predicted molar refractivity (Wildman–Crippen MR) is 101 cm³/mol. The van der Waals surface area contributed by atoms with Gasteiger partial charge in [-0.1, -0.05) is 18.2 Å². The molecule has 6 heteroatoms. The summed E-state index contributed by atoms with van der Waals surface area (Å²) in [6.45, 7) is 0.220. The van der Waals surface area contributed by atoms with E-state index in [1.54, 1.807) is 24.3 Å². The number of benzene rings is 2. The smallest absolute Gasteiger partial charge is 0.240 e. The number of likely N-dealkylation sites (N-methyl/N-ethyl adjacent to an activating group) is 1. The number of nitrogens with one attached hydrogen (secondary N) is 1. The molecule has 2 aromatic carbocycles. The molecule has 0 saturated heterocycles. The van der Waals surface area contributed by atoms with E-state index in [9.17, 15) is 12.8 Å². The Bertz CT molecular complexity index is 864. The van der Waals surface area contributed by atoms with Crippen LogP contribution in [0.25, 0.3) is 0 Å². The highest BCUT2D eigenvalue weighted by atomic mass is 32.2. The van der Waals surface area contributed by atoms with Gasteiger partial charge in [0.1, 0.15) is 5.82 Å². The van der Waals surface area contributed by atoms with Crippen molar-refractivity contribution >= 4 is 10.0 Å². The molecule has 0 saturated carbocycles. The second kappa shape index (κ2) is 7.86. The highest BCUT2D eigenvalue weighted by molar-refractivity contribution is 7.89. The lowest BCUT2D eigenvalue weighted by Crippen LogP contribution is -2.34. The van der Waals surface area contributed by atoms with E-state index in [1.165, 1.54) is 24.1 Å². The minimum Gasteiger partial charge on any atom is -0.301 e. The summed E-state index contributed by atoms with van der Waals surface area (Å²) in [5.41, 5.74) is 3.26. The van der Waals surface area contributed by atoms with Crippen molar-refractivity contribution in [2.24, 2.45) is 0 Å². The highest BCUT2D eigenvalue weighted by Crippen LogP contribution is 2.24. The van der Waals surface area contributed by atoms with Gasteiger partial charge in [0.05, 0.1) is 4.90 Å². The van der Waals surface area contributed by atoms with E-state index in [0.717, 1.165) is 30.4 Å². The van der Waals surface area contributed by atoms with Gasteiger partial charge in [-0.15, -0.1) is 0 Å². The maximum atomic E-state index is 13.2. The van der Waals surface area contributed by atoms with E-state index in [4.69, 9.17) is 0 Å². The van der Waals surface area contributed by atoms with Crippen molar-refractivity contribution in [1.29, 1.82) is 0 Å². The van der Waals surface area contributed by atoms with Gasteiger partial charge in [0.25, 0.3) is 0 Å². The molecule has 3 rings (SSSR count). The van der Waals surface area contributed by atoms with Crippen molar-refractivity contribution in [3.63, 3.8) is 0 Å². The van der Waals surface area contributed by atoms with E-state index in [1.807, 2.05) is 25.1 Å². The molecule has 0 amide bonds. The van der Waals surface area contributed by atoms with Crippen LogP contribution in [0.2, 0.25) is 0 Å². The van der Waals surface area contributed by atoms with E-state index < -0.39 is 10.0 Å². The largest absolute Gasteiger partial charge is 0.301 e. The van der Waals surface area contributed by atoms with Gasteiger partial charge in [0.2, 0.25) is 10.0 Å². The monoisotopic (exact) mass is 376 g/mol. The lowest BCUT2D eigenvalue weighted by molar-refractivity contribution is 0.299. The molecule has 4 nitrogen and oxygen atoms in total. The molecule has 140 valence electrons. The topological polar surface area (TPSA) is 49.4 Å². The molecule has 0 fully saturated rings. The zero-order valence-corrected chi connectivity index (χ0v) is 16.0. The summed E-state index contributed by atoms with van der Waals surface area (Å²) in [4.78, 5) is 2.23. The lowest BCUT2D eigenvalue weighted by atomic mass is 9.92. The van der Waals surface area contributed by atoms with Gasteiger partial charge in [-0.25, -0.2) is 17.5 Å². The number of hydrogen-bond donors (Lipinski definition) is 1. The fourth-order valence-electron chi connectivity index (χ4n) is 3.43. The van der Waals surface area contributed by atoms with Crippen LogP contribution in [0.4, 0.5) is 4.39 Å². The second-order valence-electron chi connectivity index (χ2n) is 7.02. The predicted octanol–water partition coefficient (Wildman–Crippen LogP) is 3.29. The first kappa shape index (κ1) is 19.0. The van der Waals surface area contributed by atoms with Crippen LogP contribution in [0.5, 0.6) is 0 Å². The van der Waals surface area contributed by atoms with Crippen LogP contribution in [0.1, 0.15) is 35.6 Å². The minimum atomic E-state index is -3.59. The molecule has 0 unspecified atom stereocenters. The standard InChI is InChI=1S/C20H25FN2O2S/c1-23(2)20(16-7-10-18(21)11-8-16)14-22-26(24,25)19-12-9-15-5-3-4-6-17(15)13-19/h7-13,20,22H,3-6,14H2,1-2H3/t20-/m1/s1. The van der Waals surface area contributed by atoms with Crippen LogP contribution in [0.15, 0.2) is 47.4 Å².